The number of nitrogens with zero attached hydrogens (tertiary/aromatic N) is 3. The Kier molecular flexibility index (Phi) is 4.57. The molecule has 0 unspecified atom stereocenters. The Morgan fingerprint density at radius 3 is 2.78 bits per heavy atom. The van der Waals surface area contributed by atoms with Crippen LogP contribution in [-0.2, 0) is 13.1 Å². The lowest BCUT2D eigenvalue weighted by Crippen LogP contribution is -2.24. The van der Waals surface area contributed by atoms with Crippen molar-refractivity contribution in [1.29, 1.82) is 0 Å². The third-order valence-electron chi connectivity index (χ3n) is 4.27. The summed E-state index contributed by atoms with van der Waals surface area (Å²) >= 11 is 0. The number of benzene rings is 1. The number of aryl methyl sites for hydroxylation is 1. The lowest BCUT2D eigenvalue weighted by Gasteiger charge is -2.10. The fraction of sp³-hybridized carbons (Fsp3) is 0.150. The summed E-state index contributed by atoms with van der Waals surface area (Å²) in [6.07, 6.45) is 3.66. The number of carbonyl (C=O) groups is 1. The SMILES string of the molecule is Cc1ccc(-c2cc(C(=O)NCc3ccccc3Cn3cccn3)n[nH]2)o1. The van der Waals surface area contributed by atoms with Gasteiger partial charge in [0.15, 0.2) is 11.5 Å². The molecule has 0 saturated carbocycles. The summed E-state index contributed by atoms with van der Waals surface area (Å²) < 4.78 is 7.40. The molecule has 0 aliphatic heterocycles. The Balaban J connectivity index is 1.43. The standard InChI is InChI=1S/C20H19N5O2/c1-14-7-8-19(27-14)17-11-18(24-23-17)20(26)21-12-15-5-2-3-6-16(15)13-25-10-4-9-22-25/h2-11H,12-13H2,1H3,(H,21,26)(H,23,24). The van der Waals surface area contributed by atoms with Crippen molar-refractivity contribution in [2.24, 2.45) is 0 Å². The van der Waals surface area contributed by atoms with Crippen LogP contribution in [0.4, 0.5) is 0 Å². The zero-order valence-electron chi connectivity index (χ0n) is 14.8. The highest BCUT2D eigenvalue weighted by atomic mass is 16.3. The van der Waals surface area contributed by atoms with Crippen LogP contribution in [0.2, 0.25) is 0 Å². The fourth-order valence-electron chi connectivity index (χ4n) is 2.86. The first-order valence-corrected chi connectivity index (χ1v) is 8.63. The summed E-state index contributed by atoms with van der Waals surface area (Å²) in [5, 5.41) is 14.1. The molecular weight excluding hydrogens is 342 g/mol. The predicted molar refractivity (Wildman–Crippen MR) is 100.0 cm³/mol. The van der Waals surface area contributed by atoms with Gasteiger partial charge in [-0.15, -0.1) is 0 Å². The molecular formula is C20H19N5O2. The number of nitrogens with one attached hydrogen (secondary N) is 2. The summed E-state index contributed by atoms with van der Waals surface area (Å²) in [6.45, 7) is 2.94. The van der Waals surface area contributed by atoms with Crippen LogP contribution in [0.5, 0.6) is 0 Å². The third-order valence-corrected chi connectivity index (χ3v) is 4.27. The first-order valence-electron chi connectivity index (χ1n) is 8.63. The van der Waals surface area contributed by atoms with Gasteiger partial charge in [0, 0.05) is 25.0 Å². The zero-order valence-corrected chi connectivity index (χ0v) is 14.8. The van der Waals surface area contributed by atoms with E-state index in [2.05, 4.69) is 20.6 Å². The Hall–Kier alpha value is -3.61. The molecule has 0 saturated heterocycles. The lowest BCUT2D eigenvalue weighted by atomic mass is 10.1. The maximum atomic E-state index is 12.5. The van der Waals surface area contributed by atoms with E-state index in [-0.39, 0.29) is 5.91 Å². The third kappa shape index (κ3) is 3.82. The number of aromatic nitrogens is 4. The van der Waals surface area contributed by atoms with E-state index < -0.39 is 0 Å². The molecule has 7 heteroatoms. The molecule has 136 valence electrons. The topological polar surface area (TPSA) is 88.7 Å². The molecule has 1 amide bonds. The van der Waals surface area contributed by atoms with Crippen molar-refractivity contribution in [2.45, 2.75) is 20.0 Å². The van der Waals surface area contributed by atoms with Crippen molar-refractivity contribution in [3.8, 4) is 11.5 Å². The van der Waals surface area contributed by atoms with Crippen molar-refractivity contribution in [1.82, 2.24) is 25.3 Å². The molecule has 3 heterocycles. The number of carbonyl (C=O) groups excluding carboxylic acids is 1. The summed E-state index contributed by atoms with van der Waals surface area (Å²) in [4.78, 5) is 12.5. The molecule has 7 nitrogen and oxygen atoms in total. The minimum atomic E-state index is -0.241. The van der Waals surface area contributed by atoms with Gasteiger partial charge in [-0.05, 0) is 36.2 Å². The Bertz CT molecular complexity index is 1050. The molecule has 0 aliphatic carbocycles. The van der Waals surface area contributed by atoms with Gasteiger partial charge in [0.2, 0.25) is 0 Å². The van der Waals surface area contributed by atoms with E-state index in [0.29, 0.717) is 30.2 Å². The minimum absolute atomic E-state index is 0.241. The van der Waals surface area contributed by atoms with Gasteiger partial charge in [-0.3, -0.25) is 14.6 Å². The predicted octanol–water partition coefficient (Wildman–Crippen LogP) is 3.15. The first-order chi connectivity index (χ1) is 13.2. The highest BCUT2D eigenvalue weighted by Gasteiger charge is 2.13. The molecule has 4 rings (SSSR count). The quantitative estimate of drug-likeness (QED) is 0.552. The van der Waals surface area contributed by atoms with Crippen LogP contribution in [0.25, 0.3) is 11.5 Å². The van der Waals surface area contributed by atoms with Gasteiger partial charge in [-0.2, -0.15) is 10.2 Å². The number of aromatic amines is 1. The van der Waals surface area contributed by atoms with Gasteiger partial charge >= 0.3 is 0 Å². The van der Waals surface area contributed by atoms with Crippen LogP contribution in [0.15, 0.2) is 65.3 Å². The molecule has 1 aromatic carbocycles. The summed E-state index contributed by atoms with van der Waals surface area (Å²) in [7, 11) is 0. The Morgan fingerprint density at radius 2 is 2.04 bits per heavy atom. The van der Waals surface area contributed by atoms with Gasteiger partial charge in [0.1, 0.15) is 11.5 Å². The van der Waals surface area contributed by atoms with Crippen LogP contribution in [0.3, 0.4) is 0 Å². The number of hydrogen-bond donors (Lipinski definition) is 2. The summed E-state index contributed by atoms with van der Waals surface area (Å²) in [6, 6.07) is 15.3. The fourth-order valence-corrected chi connectivity index (χ4v) is 2.86. The van der Waals surface area contributed by atoms with Crippen LogP contribution >= 0.6 is 0 Å². The monoisotopic (exact) mass is 361 g/mol. The Morgan fingerprint density at radius 1 is 1.19 bits per heavy atom. The van der Waals surface area contributed by atoms with Gasteiger partial charge in [-0.1, -0.05) is 24.3 Å². The van der Waals surface area contributed by atoms with Gasteiger partial charge in [0.25, 0.3) is 5.91 Å². The molecule has 0 fully saturated rings. The normalized spacial score (nSPS) is 10.9. The number of H-pyrrole nitrogens is 1. The van der Waals surface area contributed by atoms with Crippen LogP contribution < -0.4 is 5.32 Å². The van der Waals surface area contributed by atoms with Gasteiger partial charge in [-0.25, -0.2) is 0 Å². The Labute approximate surface area is 156 Å². The van der Waals surface area contributed by atoms with E-state index in [4.69, 9.17) is 4.42 Å². The summed E-state index contributed by atoms with van der Waals surface area (Å²) in [5.74, 6) is 1.22. The average molecular weight is 361 g/mol. The molecule has 0 spiro atoms. The maximum Gasteiger partial charge on any atom is 0.272 e. The molecule has 4 aromatic rings. The number of rotatable bonds is 6. The molecule has 0 bridgehead atoms. The van der Waals surface area contributed by atoms with Crippen molar-refractivity contribution >= 4 is 5.91 Å². The average Bonchev–Trinajstić information content (AvgIpc) is 3.42. The van der Waals surface area contributed by atoms with Crippen LogP contribution in [0, 0.1) is 6.92 Å². The van der Waals surface area contributed by atoms with E-state index in [1.807, 2.05) is 60.3 Å². The highest BCUT2D eigenvalue weighted by molar-refractivity contribution is 5.93. The van der Waals surface area contributed by atoms with Crippen molar-refractivity contribution in [2.75, 3.05) is 0 Å². The first kappa shape index (κ1) is 16.8. The van der Waals surface area contributed by atoms with E-state index in [1.165, 1.54) is 0 Å². The summed E-state index contributed by atoms with van der Waals surface area (Å²) in [5.41, 5.74) is 3.14. The second-order valence-electron chi connectivity index (χ2n) is 6.23. The highest BCUT2D eigenvalue weighted by Crippen LogP contribution is 2.20. The van der Waals surface area contributed by atoms with Gasteiger partial charge in [0.05, 0.1) is 6.54 Å². The number of hydrogen-bond acceptors (Lipinski definition) is 4. The second kappa shape index (κ2) is 7.33. The zero-order chi connectivity index (χ0) is 18.6. The van der Waals surface area contributed by atoms with Crippen LogP contribution in [-0.4, -0.2) is 25.9 Å². The van der Waals surface area contributed by atoms with E-state index >= 15 is 0 Å². The molecule has 0 aliphatic rings. The van der Waals surface area contributed by atoms with E-state index in [9.17, 15) is 4.79 Å². The van der Waals surface area contributed by atoms with E-state index in [0.717, 1.165) is 16.9 Å². The molecule has 2 N–H and O–H groups in total. The minimum Gasteiger partial charge on any atom is -0.460 e. The smallest absolute Gasteiger partial charge is 0.272 e. The van der Waals surface area contributed by atoms with Gasteiger partial charge < -0.3 is 9.73 Å². The second-order valence-corrected chi connectivity index (χ2v) is 6.23. The number of amides is 1. The number of furan rings is 1. The van der Waals surface area contributed by atoms with Crippen molar-refractivity contribution in [3.05, 3.63) is 83.5 Å². The molecule has 0 radical (unpaired) electrons. The molecule has 3 aromatic heterocycles. The molecule has 0 atom stereocenters. The lowest BCUT2D eigenvalue weighted by molar-refractivity contribution is 0.0946. The maximum absolute atomic E-state index is 12.5. The van der Waals surface area contributed by atoms with Crippen LogP contribution in [0.1, 0.15) is 27.4 Å². The largest absolute Gasteiger partial charge is 0.460 e. The molecule has 27 heavy (non-hydrogen) atoms. The van der Waals surface area contributed by atoms with Crippen molar-refractivity contribution < 1.29 is 9.21 Å². The van der Waals surface area contributed by atoms with Crippen molar-refractivity contribution in [3.63, 3.8) is 0 Å². The van der Waals surface area contributed by atoms with E-state index in [1.54, 1.807) is 12.3 Å².